The van der Waals surface area contributed by atoms with Crippen molar-refractivity contribution in [3.8, 4) is 5.75 Å². The Balaban J connectivity index is 1.68. The Bertz CT molecular complexity index is 1270. The first kappa shape index (κ1) is 32.4. The SMILES string of the molecule is CCCCN(C(=N)SC(=N)c1ccc(OCCN2CCC(C(=O)O)CC2)c(C(F)(F)F)c1)C(=O)c1cccc(Cl)c1. The molecule has 1 heterocycles. The summed E-state index contributed by atoms with van der Waals surface area (Å²) in [6.45, 7) is 3.51. The number of thioether (sulfide) groups is 1. The third-order valence-electron chi connectivity index (χ3n) is 6.64. The molecule has 1 saturated heterocycles. The van der Waals surface area contributed by atoms with E-state index in [0.29, 0.717) is 55.7 Å². The van der Waals surface area contributed by atoms with E-state index in [1.807, 2.05) is 11.8 Å². The molecule has 222 valence electrons. The van der Waals surface area contributed by atoms with Gasteiger partial charge in [-0.2, -0.15) is 13.2 Å². The Kier molecular flexibility index (Phi) is 11.6. The molecule has 0 spiro atoms. The van der Waals surface area contributed by atoms with Crippen molar-refractivity contribution in [3.05, 3.63) is 64.2 Å². The number of halogens is 4. The van der Waals surface area contributed by atoms with Crippen molar-refractivity contribution in [2.75, 3.05) is 32.8 Å². The van der Waals surface area contributed by atoms with Crippen molar-refractivity contribution in [1.29, 1.82) is 10.8 Å². The average molecular weight is 613 g/mol. The van der Waals surface area contributed by atoms with Crippen molar-refractivity contribution >= 4 is 45.5 Å². The average Bonchev–Trinajstić information content (AvgIpc) is 2.93. The standard InChI is InChI=1S/C28H32ClF3N4O4S/c1-2-3-11-36(25(37)20-5-4-6-21(29)16-20)27(34)41-24(33)19-7-8-23(22(17-19)28(30,31)32)40-15-14-35-12-9-18(10-13-35)26(38)39/h4-8,16-18,33-34H,2-3,9-15H2,1H3,(H,38,39). The van der Waals surface area contributed by atoms with Crippen molar-refractivity contribution < 1.29 is 32.6 Å². The lowest BCUT2D eigenvalue weighted by atomic mass is 9.97. The summed E-state index contributed by atoms with van der Waals surface area (Å²) in [6.07, 6.45) is -2.46. The van der Waals surface area contributed by atoms with Gasteiger partial charge in [0.1, 0.15) is 17.4 Å². The summed E-state index contributed by atoms with van der Waals surface area (Å²) in [6, 6.07) is 9.53. The Morgan fingerprint density at radius 3 is 2.46 bits per heavy atom. The predicted octanol–water partition coefficient (Wildman–Crippen LogP) is 6.47. The van der Waals surface area contributed by atoms with Gasteiger partial charge in [0.25, 0.3) is 5.91 Å². The normalized spacial score (nSPS) is 14.5. The molecule has 0 aromatic heterocycles. The maximum atomic E-state index is 13.9. The van der Waals surface area contributed by atoms with Crippen LogP contribution in [-0.2, 0) is 11.0 Å². The predicted molar refractivity (Wildman–Crippen MR) is 153 cm³/mol. The second kappa shape index (κ2) is 14.7. The van der Waals surface area contributed by atoms with Crippen molar-refractivity contribution in [1.82, 2.24) is 9.80 Å². The summed E-state index contributed by atoms with van der Waals surface area (Å²) < 4.78 is 47.2. The minimum absolute atomic E-state index is 0.0188. The molecule has 0 saturated carbocycles. The second-order valence-electron chi connectivity index (χ2n) is 9.57. The third-order valence-corrected chi connectivity index (χ3v) is 7.73. The molecular weight excluding hydrogens is 581 g/mol. The number of likely N-dealkylation sites (tertiary alicyclic amines) is 1. The number of nitrogens with zero attached hydrogens (tertiary/aromatic N) is 2. The van der Waals surface area contributed by atoms with Crippen LogP contribution >= 0.6 is 23.4 Å². The zero-order valence-corrected chi connectivity index (χ0v) is 24.0. The van der Waals surface area contributed by atoms with Crippen LogP contribution in [-0.4, -0.2) is 69.8 Å². The molecule has 1 fully saturated rings. The fraction of sp³-hybridized carbons (Fsp3) is 0.429. The number of unbranched alkanes of at least 4 members (excludes halogenated alkanes) is 1. The Hall–Kier alpha value is -3.09. The highest BCUT2D eigenvalue weighted by Crippen LogP contribution is 2.37. The summed E-state index contributed by atoms with van der Waals surface area (Å²) in [4.78, 5) is 27.3. The van der Waals surface area contributed by atoms with Crippen molar-refractivity contribution in [2.24, 2.45) is 5.92 Å². The van der Waals surface area contributed by atoms with E-state index < -0.39 is 29.5 Å². The molecule has 2 aromatic carbocycles. The fourth-order valence-corrected chi connectivity index (χ4v) is 5.22. The number of aliphatic carboxylic acids is 1. The number of amides is 1. The number of carbonyl (C=O) groups excluding carboxylic acids is 1. The highest BCUT2D eigenvalue weighted by molar-refractivity contribution is 8.26. The quantitative estimate of drug-likeness (QED) is 0.209. The van der Waals surface area contributed by atoms with E-state index in [1.54, 1.807) is 18.2 Å². The first-order valence-electron chi connectivity index (χ1n) is 13.1. The van der Waals surface area contributed by atoms with Gasteiger partial charge < -0.3 is 9.84 Å². The van der Waals surface area contributed by atoms with Gasteiger partial charge in [0.15, 0.2) is 5.17 Å². The lowest BCUT2D eigenvalue weighted by Crippen LogP contribution is -2.38. The van der Waals surface area contributed by atoms with Gasteiger partial charge in [0.2, 0.25) is 0 Å². The van der Waals surface area contributed by atoms with E-state index in [4.69, 9.17) is 32.3 Å². The number of alkyl halides is 3. The van der Waals surface area contributed by atoms with Crippen LogP contribution in [0, 0.1) is 16.7 Å². The molecule has 0 radical (unpaired) electrons. The molecule has 3 N–H and O–H groups in total. The maximum Gasteiger partial charge on any atom is 0.419 e. The van der Waals surface area contributed by atoms with Gasteiger partial charge in [-0.05, 0) is 80.5 Å². The zero-order chi connectivity index (χ0) is 30.2. The number of benzene rings is 2. The molecule has 0 bridgehead atoms. The highest BCUT2D eigenvalue weighted by Gasteiger charge is 2.35. The van der Waals surface area contributed by atoms with E-state index in [9.17, 15) is 22.8 Å². The number of ether oxygens (including phenoxy) is 1. The van der Waals surface area contributed by atoms with E-state index in [2.05, 4.69) is 0 Å². The van der Waals surface area contributed by atoms with E-state index in [0.717, 1.165) is 18.6 Å². The van der Waals surface area contributed by atoms with Crippen LogP contribution in [0.2, 0.25) is 5.02 Å². The Morgan fingerprint density at radius 2 is 1.85 bits per heavy atom. The van der Waals surface area contributed by atoms with Gasteiger partial charge in [-0.3, -0.25) is 30.2 Å². The smallest absolute Gasteiger partial charge is 0.419 e. The number of rotatable bonds is 10. The van der Waals surface area contributed by atoms with Crippen LogP contribution in [0.3, 0.4) is 0 Å². The zero-order valence-electron chi connectivity index (χ0n) is 22.5. The summed E-state index contributed by atoms with van der Waals surface area (Å²) in [5, 5.41) is 25.7. The molecule has 1 aliphatic heterocycles. The molecular formula is C28H32ClF3N4O4S. The van der Waals surface area contributed by atoms with Gasteiger partial charge in [-0.15, -0.1) is 0 Å². The van der Waals surface area contributed by atoms with Gasteiger partial charge in [0, 0.05) is 29.2 Å². The molecule has 13 heteroatoms. The minimum atomic E-state index is -4.75. The number of hydrogen-bond acceptors (Lipinski definition) is 7. The van der Waals surface area contributed by atoms with Gasteiger partial charge in [0.05, 0.1) is 11.5 Å². The Morgan fingerprint density at radius 1 is 1.15 bits per heavy atom. The van der Waals surface area contributed by atoms with Gasteiger partial charge in [-0.1, -0.05) is 31.0 Å². The molecule has 8 nitrogen and oxygen atoms in total. The number of carboxylic acid groups (broad SMARTS) is 1. The van der Waals surface area contributed by atoms with Gasteiger partial charge in [-0.25, -0.2) is 0 Å². The Labute approximate surface area is 245 Å². The van der Waals surface area contributed by atoms with E-state index in [1.165, 1.54) is 17.0 Å². The number of carboxylic acids is 1. The largest absolute Gasteiger partial charge is 0.492 e. The highest BCUT2D eigenvalue weighted by atomic mass is 35.5. The fourth-order valence-electron chi connectivity index (χ4n) is 4.31. The third kappa shape index (κ3) is 9.20. The molecule has 2 aromatic rings. The first-order chi connectivity index (χ1) is 19.4. The van der Waals surface area contributed by atoms with Crippen LogP contribution in [0.1, 0.15) is 54.1 Å². The number of nitrogens with one attached hydrogen (secondary N) is 2. The summed E-state index contributed by atoms with van der Waals surface area (Å²) in [7, 11) is 0. The monoisotopic (exact) mass is 612 g/mol. The molecule has 1 amide bonds. The lowest BCUT2D eigenvalue weighted by Gasteiger charge is -2.29. The van der Waals surface area contributed by atoms with Crippen LogP contribution in [0.15, 0.2) is 42.5 Å². The van der Waals surface area contributed by atoms with E-state index in [-0.39, 0.29) is 40.2 Å². The van der Waals surface area contributed by atoms with Crippen LogP contribution in [0.25, 0.3) is 0 Å². The molecule has 3 rings (SSSR count). The summed E-state index contributed by atoms with van der Waals surface area (Å²) >= 11 is 6.59. The summed E-state index contributed by atoms with van der Waals surface area (Å²) in [5.74, 6) is -2.11. The molecule has 1 aliphatic rings. The summed E-state index contributed by atoms with van der Waals surface area (Å²) in [5.41, 5.74) is -0.854. The minimum Gasteiger partial charge on any atom is -0.492 e. The number of amidine groups is 1. The van der Waals surface area contributed by atoms with Crippen molar-refractivity contribution in [2.45, 2.75) is 38.8 Å². The molecule has 0 atom stereocenters. The van der Waals surface area contributed by atoms with Crippen LogP contribution in [0.4, 0.5) is 13.2 Å². The topological polar surface area (TPSA) is 118 Å². The maximum absolute atomic E-state index is 13.9. The molecule has 0 unspecified atom stereocenters. The second-order valence-corrected chi connectivity index (χ2v) is 11.0. The lowest BCUT2D eigenvalue weighted by molar-refractivity contribution is -0.143. The van der Waals surface area contributed by atoms with Crippen LogP contribution < -0.4 is 4.74 Å². The number of carbonyl (C=O) groups is 2. The number of hydrogen-bond donors (Lipinski definition) is 3. The number of piperidine rings is 1. The van der Waals surface area contributed by atoms with Gasteiger partial charge >= 0.3 is 12.1 Å². The first-order valence-corrected chi connectivity index (χ1v) is 14.3. The van der Waals surface area contributed by atoms with Crippen molar-refractivity contribution in [3.63, 3.8) is 0 Å². The molecule has 41 heavy (non-hydrogen) atoms. The van der Waals surface area contributed by atoms with E-state index >= 15 is 0 Å². The molecule has 0 aliphatic carbocycles. The van der Waals surface area contributed by atoms with Crippen LogP contribution in [0.5, 0.6) is 5.75 Å².